The number of nitrogens with zero attached hydrogens (tertiary/aromatic N) is 1. The maximum atomic E-state index is 12.7. The van der Waals surface area contributed by atoms with Crippen LogP contribution in [0, 0.1) is 11.8 Å². The second-order valence-corrected chi connectivity index (χ2v) is 8.49. The average molecular weight is 373 g/mol. The van der Waals surface area contributed by atoms with Crippen LogP contribution in [0.4, 0.5) is 4.79 Å². The zero-order valence-corrected chi connectivity index (χ0v) is 15.9. The molecule has 3 fully saturated rings. The Morgan fingerprint density at radius 2 is 2.00 bits per heavy atom. The van der Waals surface area contributed by atoms with Crippen molar-refractivity contribution in [2.24, 2.45) is 11.8 Å². The zero-order valence-electron chi connectivity index (χ0n) is 15.9. The van der Waals surface area contributed by atoms with E-state index in [0.29, 0.717) is 37.0 Å². The minimum absolute atomic E-state index is 0.161. The Labute approximate surface area is 158 Å². The van der Waals surface area contributed by atoms with Crippen LogP contribution in [0.25, 0.3) is 0 Å². The summed E-state index contributed by atoms with van der Waals surface area (Å²) >= 11 is 0. The Bertz CT molecular complexity index is 763. The highest BCUT2D eigenvalue weighted by atomic mass is 16.3. The molecule has 1 spiro atoms. The number of carbonyl (C=O) groups is 3. The van der Waals surface area contributed by atoms with E-state index >= 15 is 0 Å². The number of aryl methyl sites for hydroxylation is 1. The van der Waals surface area contributed by atoms with Gasteiger partial charge in [-0.25, -0.2) is 4.79 Å². The van der Waals surface area contributed by atoms with Crippen molar-refractivity contribution < 1.29 is 18.8 Å². The normalized spacial score (nSPS) is 32.7. The van der Waals surface area contributed by atoms with Crippen molar-refractivity contribution in [3.8, 4) is 0 Å². The lowest BCUT2D eigenvalue weighted by Crippen LogP contribution is -2.51. The molecular formula is C20H27N3O4. The monoisotopic (exact) mass is 373 g/mol. The van der Waals surface area contributed by atoms with E-state index in [0.717, 1.165) is 35.8 Å². The second-order valence-electron chi connectivity index (χ2n) is 8.49. The first kappa shape index (κ1) is 18.1. The van der Waals surface area contributed by atoms with Gasteiger partial charge in [0.15, 0.2) is 0 Å². The summed E-state index contributed by atoms with van der Waals surface area (Å²) in [4.78, 5) is 37.2. The first-order valence-electron chi connectivity index (χ1n) is 9.93. The molecule has 146 valence electrons. The van der Waals surface area contributed by atoms with Gasteiger partial charge in [-0.3, -0.25) is 15.0 Å². The van der Waals surface area contributed by atoms with E-state index in [1.807, 2.05) is 12.1 Å². The fourth-order valence-corrected chi connectivity index (χ4v) is 4.18. The standard InChI is InChI=1S/C20H27N3O4/c1-12-7-9-20(10-8-12)18(25)23(19(26)21-20)22-17(24)6-4-14-3-5-16(27-14)15-11-13(15)2/h3,5,12-13,15H,4,6-11H2,1-2H3,(H,21,26)(H,22,24). The number of amides is 4. The van der Waals surface area contributed by atoms with Crippen molar-refractivity contribution in [3.05, 3.63) is 23.7 Å². The third kappa shape index (κ3) is 3.47. The number of hydrazine groups is 1. The highest BCUT2D eigenvalue weighted by molar-refractivity contribution is 6.08. The number of hydrogen-bond donors (Lipinski definition) is 2. The molecule has 7 heteroatoms. The molecule has 1 saturated heterocycles. The quantitative estimate of drug-likeness (QED) is 0.777. The first-order chi connectivity index (χ1) is 12.9. The lowest BCUT2D eigenvalue weighted by molar-refractivity contribution is -0.140. The van der Waals surface area contributed by atoms with Crippen LogP contribution in [-0.2, 0) is 16.0 Å². The number of hydrogen-bond acceptors (Lipinski definition) is 4. The van der Waals surface area contributed by atoms with Gasteiger partial charge in [-0.15, -0.1) is 0 Å². The smallest absolute Gasteiger partial charge is 0.344 e. The largest absolute Gasteiger partial charge is 0.466 e. The molecule has 1 aromatic heterocycles. The molecule has 4 amide bonds. The summed E-state index contributed by atoms with van der Waals surface area (Å²) in [5.41, 5.74) is 1.63. The summed E-state index contributed by atoms with van der Waals surface area (Å²) in [5, 5.41) is 3.66. The number of carbonyl (C=O) groups excluding carboxylic acids is 3. The Balaban J connectivity index is 1.30. The molecular weight excluding hydrogens is 346 g/mol. The van der Waals surface area contributed by atoms with Crippen LogP contribution in [0.3, 0.4) is 0 Å². The number of imide groups is 1. The van der Waals surface area contributed by atoms with Crippen molar-refractivity contribution >= 4 is 17.8 Å². The highest BCUT2D eigenvalue weighted by Crippen LogP contribution is 2.47. The molecule has 2 atom stereocenters. The van der Waals surface area contributed by atoms with Gasteiger partial charge in [-0.05, 0) is 56.1 Å². The highest BCUT2D eigenvalue weighted by Gasteiger charge is 2.52. The second kappa shape index (κ2) is 6.69. The van der Waals surface area contributed by atoms with Crippen LogP contribution in [0.1, 0.15) is 69.8 Å². The van der Waals surface area contributed by atoms with Crippen molar-refractivity contribution in [2.45, 2.75) is 70.3 Å². The molecule has 1 aromatic rings. The third-order valence-electron chi connectivity index (χ3n) is 6.28. The Morgan fingerprint density at radius 1 is 1.30 bits per heavy atom. The molecule has 0 radical (unpaired) electrons. The fraction of sp³-hybridized carbons (Fsp3) is 0.650. The van der Waals surface area contributed by atoms with E-state index in [2.05, 4.69) is 24.6 Å². The van der Waals surface area contributed by atoms with Crippen LogP contribution in [0.2, 0.25) is 0 Å². The third-order valence-corrected chi connectivity index (χ3v) is 6.28. The van der Waals surface area contributed by atoms with Gasteiger partial charge in [0.1, 0.15) is 17.1 Å². The summed E-state index contributed by atoms with van der Waals surface area (Å²) in [7, 11) is 0. The maximum absolute atomic E-state index is 12.7. The zero-order chi connectivity index (χ0) is 19.2. The Morgan fingerprint density at radius 3 is 2.67 bits per heavy atom. The molecule has 0 bridgehead atoms. The minimum atomic E-state index is -0.840. The predicted octanol–water partition coefficient (Wildman–Crippen LogP) is 2.87. The molecule has 2 N–H and O–H groups in total. The summed E-state index contributed by atoms with van der Waals surface area (Å²) < 4.78 is 5.80. The number of furan rings is 1. The molecule has 2 unspecified atom stereocenters. The summed E-state index contributed by atoms with van der Waals surface area (Å²) in [6, 6.07) is 3.34. The topological polar surface area (TPSA) is 91.7 Å². The van der Waals surface area contributed by atoms with Gasteiger partial charge in [0.25, 0.3) is 5.91 Å². The minimum Gasteiger partial charge on any atom is -0.466 e. The van der Waals surface area contributed by atoms with E-state index in [-0.39, 0.29) is 18.2 Å². The Kier molecular flexibility index (Phi) is 4.48. The van der Waals surface area contributed by atoms with E-state index in [1.165, 1.54) is 0 Å². The molecule has 0 aromatic carbocycles. The van der Waals surface area contributed by atoms with Crippen molar-refractivity contribution in [1.82, 2.24) is 15.8 Å². The van der Waals surface area contributed by atoms with Crippen molar-refractivity contribution in [3.63, 3.8) is 0 Å². The van der Waals surface area contributed by atoms with Crippen LogP contribution < -0.4 is 10.7 Å². The molecule has 27 heavy (non-hydrogen) atoms. The van der Waals surface area contributed by atoms with Crippen LogP contribution >= 0.6 is 0 Å². The van der Waals surface area contributed by atoms with E-state index < -0.39 is 11.6 Å². The van der Waals surface area contributed by atoms with Gasteiger partial charge in [-0.1, -0.05) is 13.8 Å². The number of urea groups is 1. The average Bonchev–Trinajstić information content (AvgIpc) is 3.11. The van der Waals surface area contributed by atoms with Crippen molar-refractivity contribution in [1.29, 1.82) is 0 Å². The van der Waals surface area contributed by atoms with Gasteiger partial charge in [-0.2, -0.15) is 5.01 Å². The summed E-state index contributed by atoms with van der Waals surface area (Å²) in [5.74, 6) is 2.78. The fourth-order valence-electron chi connectivity index (χ4n) is 4.18. The molecule has 2 heterocycles. The van der Waals surface area contributed by atoms with E-state index in [1.54, 1.807) is 0 Å². The van der Waals surface area contributed by atoms with E-state index in [9.17, 15) is 14.4 Å². The Hall–Kier alpha value is -2.31. The molecule has 3 aliphatic rings. The van der Waals surface area contributed by atoms with Gasteiger partial charge in [0.05, 0.1) is 0 Å². The summed E-state index contributed by atoms with van der Waals surface area (Å²) in [6.07, 6.45) is 4.80. The van der Waals surface area contributed by atoms with Gasteiger partial charge in [0, 0.05) is 18.8 Å². The summed E-state index contributed by atoms with van der Waals surface area (Å²) in [6.45, 7) is 4.34. The lowest BCUT2D eigenvalue weighted by atomic mass is 9.77. The number of rotatable bonds is 5. The van der Waals surface area contributed by atoms with Crippen LogP contribution in [0.15, 0.2) is 16.5 Å². The molecule has 4 rings (SSSR count). The first-order valence-corrected chi connectivity index (χ1v) is 9.93. The lowest BCUT2D eigenvalue weighted by Gasteiger charge is -2.33. The van der Waals surface area contributed by atoms with E-state index in [4.69, 9.17) is 4.42 Å². The predicted molar refractivity (Wildman–Crippen MR) is 97.4 cm³/mol. The van der Waals surface area contributed by atoms with Gasteiger partial charge in [0.2, 0.25) is 5.91 Å². The SMILES string of the molecule is CC1CCC2(CC1)NC(=O)N(NC(=O)CCc1ccc(C3CC3C)o1)C2=O. The molecule has 1 aliphatic heterocycles. The molecule has 2 saturated carbocycles. The van der Waals surface area contributed by atoms with Gasteiger partial charge >= 0.3 is 6.03 Å². The molecule has 2 aliphatic carbocycles. The maximum Gasteiger partial charge on any atom is 0.344 e. The van der Waals surface area contributed by atoms with Crippen LogP contribution in [0.5, 0.6) is 0 Å². The van der Waals surface area contributed by atoms with Crippen molar-refractivity contribution in [2.75, 3.05) is 0 Å². The van der Waals surface area contributed by atoms with Crippen LogP contribution in [-0.4, -0.2) is 28.4 Å². The number of nitrogens with one attached hydrogen (secondary N) is 2. The van der Waals surface area contributed by atoms with Gasteiger partial charge < -0.3 is 9.73 Å². The molecule has 7 nitrogen and oxygen atoms in total.